The molecule has 0 saturated carbocycles. The second-order valence-corrected chi connectivity index (χ2v) is 9.23. The number of fused-ring (bicyclic) bond motifs is 1. The molecule has 7 nitrogen and oxygen atoms in total. The summed E-state index contributed by atoms with van der Waals surface area (Å²) < 4.78 is 29.8. The van der Waals surface area contributed by atoms with Crippen LogP contribution in [0, 0.1) is 6.92 Å². The highest BCUT2D eigenvalue weighted by molar-refractivity contribution is 7.89. The maximum Gasteiger partial charge on any atom is 0.243 e. The van der Waals surface area contributed by atoms with Crippen molar-refractivity contribution in [1.82, 2.24) is 24.4 Å². The van der Waals surface area contributed by atoms with Crippen molar-refractivity contribution in [2.45, 2.75) is 43.7 Å². The molecule has 1 saturated heterocycles. The third kappa shape index (κ3) is 3.86. The van der Waals surface area contributed by atoms with E-state index < -0.39 is 10.0 Å². The molecule has 0 spiro atoms. The SMILES string of the molecule is Cc1ccc(Cl)cc1S(=O)(=O)N1CCC(c2nnc3n2CCNC3)CC1.Cl. The number of nitrogens with one attached hydrogen (secondary N) is 1. The molecule has 0 atom stereocenters. The van der Waals surface area contributed by atoms with Crippen molar-refractivity contribution in [3.05, 3.63) is 40.4 Å². The van der Waals surface area contributed by atoms with Gasteiger partial charge in [0.2, 0.25) is 10.0 Å². The minimum Gasteiger partial charge on any atom is -0.312 e. The molecule has 0 aliphatic carbocycles. The quantitative estimate of drug-likeness (QED) is 0.806. The van der Waals surface area contributed by atoms with E-state index in [2.05, 4.69) is 20.1 Å². The Morgan fingerprint density at radius 2 is 1.93 bits per heavy atom. The number of nitrogens with zero attached hydrogens (tertiary/aromatic N) is 4. The van der Waals surface area contributed by atoms with Gasteiger partial charge in [0.05, 0.1) is 11.4 Å². The van der Waals surface area contributed by atoms with E-state index in [4.69, 9.17) is 11.6 Å². The highest BCUT2D eigenvalue weighted by Gasteiger charge is 2.33. The minimum absolute atomic E-state index is 0. The van der Waals surface area contributed by atoms with Crippen molar-refractivity contribution in [2.24, 2.45) is 0 Å². The highest BCUT2D eigenvalue weighted by Crippen LogP contribution is 2.32. The molecular weight excluding hydrogens is 409 g/mol. The molecule has 0 bridgehead atoms. The Morgan fingerprint density at radius 3 is 2.67 bits per heavy atom. The Balaban J connectivity index is 0.00000210. The second-order valence-electron chi connectivity index (χ2n) is 6.89. The third-order valence-electron chi connectivity index (χ3n) is 5.24. The number of rotatable bonds is 3. The van der Waals surface area contributed by atoms with Crippen molar-refractivity contribution in [2.75, 3.05) is 19.6 Å². The predicted molar refractivity (Wildman–Crippen MR) is 106 cm³/mol. The molecular formula is C17H23Cl2N5O2S. The van der Waals surface area contributed by atoms with Crippen LogP contribution in [0.3, 0.4) is 0 Å². The molecule has 10 heteroatoms. The predicted octanol–water partition coefficient (Wildman–Crippen LogP) is 2.33. The molecule has 27 heavy (non-hydrogen) atoms. The first-order chi connectivity index (χ1) is 12.5. The molecule has 2 aliphatic heterocycles. The first-order valence-corrected chi connectivity index (χ1v) is 10.7. The van der Waals surface area contributed by atoms with Crippen LogP contribution in [-0.2, 0) is 23.1 Å². The number of aromatic nitrogens is 3. The number of halogens is 2. The lowest BCUT2D eigenvalue weighted by molar-refractivity contribution is 0.307. The van der Waals surface area contributed by atoms with E-state index in [0.29, 0.717) is 23.0 Å². The van der Waals surface area contributed by atoms with Crippen LogP contribution in [0.25, 0.3) is 0 Å². The van der Waals surface area contributed by atoms with Gasteiger partial charge in [-0.25, -0.2) is 8.42 Å². The number of sulfonamides is 1. The summed E-state index contributed by atoms with van der Waals surface area (Å²) in [5.41, 5.74) is 0.718. The summed E-state index contributed by atoms with van der Waals surface area (Å²) in [5, 5.41) is 12.4. The molecule has 2 aromatic rings. The summed E-state index contributed by atoms with van der Waals surface area (Å²) >= 11 is 6.01. The molecule has 2 aliphatic rings. The van der Waals surface area contributed by atoms with E-state index in [1.165, 1.54) is 0 Å². The van der Waals surface area contributed by atoms with E-state index in [0.717, 1.165) is 49.7 Å². The van der Waals surface area contributed by atoms with Gasteiger partial charge in [0.15, 0.2) is 0 Å². The molecule has 4 rings (SSSR count). The summed E-state index contributed by atoms with van der Waals surface area (Å²) in [7, 11) is -3.53. The minimum atomic E-state index is -3.53. The Hall–Kier alpha value is -1.19. The molecule has 1 fully saturated rings. The van der Waals surface area contributed by atoms with Crippen molar-refractivity contribution in [3.8, 4) is 0 Å². The maximum atomic E-state index is 13.0. The van der Waals surface area contributed by atoms with Gasteiger partial charge in [-0.1, -0.05) is 17.7 Å². The van der Waals surface area contributed by atoms with Crippen LogP contribution in [0.5, 0.6) is 0 Å². The molecule has 0 amide bonds. The van der Waals surface area contributed by atoms with Crippen LogP contribution in [0.15, 0.2) is 23.1 Å². The van der Waals surface area contributed by atoms with Gasteiger partial charge in [0.1, 0.15) is 11.6 Å². The van der Waals surface area contributed by atoms with Crippen LogP contribution < -0.4 is 5.32 Å². The average Bonchev–Trinajstić information content (AvgIpc) is 3.08. The number of hydrogen-bond donors (Lipinski definition) is 1. The fourth-order valence-electron chi connectivity index (χ4n) is 3.76. The Bertz CT molecular complexity index is 923. The van der Waals surface area contributed by atoms with Crippen LogP contribution in [0.1, 0.15) is 36.0 Å². The van der Waals surface area contributed by atoms with Gasteiger partial charge in [0, 0.05) is 37.1 Å². The topological polar surface area (TPSA) is 80.1 Å². The smallest absolute Gasteiger partial charge is 0.243 e. The zero-order chi connectivity index (χ0) is 18.3. The largest absolute Gasteiger partial charge is 0.312 e. The van der Waals surface area contributed by atoms with Crippen LogP contribution in [0.4, 0.5) is 0 Å². The van der Waals surface area contributed by atoms with Gasteiger partial charge < -0.3 is 9.88 Å². The van der Waals surface area contributed by atoms with Crippen molar-refractivity contribution < 1.29 is 8.42 Å². The van der Waals surface area contributed by atoms with Crippen molar-refractivity contribution in [3.63, 3.8) is 0 Å². The lowest BCUT2D eigenvalue weighted by Gasteiger charge is -2.31. The summed E-state index contributed by atoms with van der Waals surface area (Å²) in [4.78, 5) is 0.300. The first-order valence-electron chi connectivity index (χ1n) is 8.86. The second kappa shape index (κ2) is 8.05. The van der Waals surface area contributed by atoms with E-state index in [-0.39, 0.29) is 18.3 Å². The average molecular weight is 432 g/mol. The zero-order valence-corrected chi connectivity index (χ0v) is 17.4. The summed E-state index contributed by atoms with van der Waals surface area (Å²) in [6, 6.07) is 5.00. The van der Waals surface area contributed by atoms with Gasteiger partial charge in [-0.05, 0) is 37.5 Å². The van der Waals surface area contributed by atoms with Gasteiger partial charge in [0.25, 0.3) is 0 Å². The Kier molecular flexibility index (Phi) is 6.12. The fourth-order valence-corrected chi connectivity index (χ4v) is 5.72. The maximum absolute atomic E-state index is 13.0. The van der Waals surface area contributed by atoms with E-state index in [9.17, 15) is 8.42 Å². The van der Waals surface area contributed by atoms with E-state index >= 15 is 0 Å². The highest BCUT2D eigenvalue weighted by atomic mass is 35.5. The van der Waals surface area contributed by atoms with E-state index in [1.807, 2.05) is 0 Å². The van der Waals surface area contributed by atoms with Gasteiger partial charge in [-0.3, -0.25) is 0 Å². The summed E-state index contributed by atoms with van der Waals surface area (Å²) in [6.45, 7) is 5.30. The Morgan fingerprint density at radius 1 is 1.19 bits per heavy atom. The van der Waals surface area contributed by atoms with E-state index in [1.54, 1.807) is 29.4 Å². The lowest BCUT2D eigenvalue weighted by Crippen LogP contribution is -2.39. The fraction of sp³-hybridized carbons (Fsp3) is 0.529. The summed E-state index contributed by atoms with van der Waals surface area (Å²) in [5.74, 6) is 2.22. The Labute approximate surface area is 170 Å². The first kappa shape index (κ1) is 20.5. The van der Waals surface area contributed by atoms with Gasteiger partial charge >= 0.3 is 0 Å². The van der Waals surface area contributed by atoms with Crippen LogP contribution >= 0.6 is 24.0 Å². The molecule has 0 radical (unpaired) electrons. The van der Waals surface area contributed by atoms with Crippen LogP contribution in [-0.4, -0.2) is 47.1 Å². The van der Waals surface area contributed by atoms with Gasteiger partial charge in [-0.2, -0.15) is 4.31 Å². The molecule has 3 heterocycles. The molecule has 1 N–H and O–H groups in total. The van der Waals surface area contributed by atoms with Gasteiger partial charge in [-0.15, -0.1) is 22.6 Å². The number of piperidine rings is 1. The standard InChI is InChI=1S/C17H22ClN5O2S.ClH/c1-12-2-3-14(18)10-15(12)26(24,25)22-7-4-13(5-8-22)17-21-20-16-11-19-6-9-23(16)17;/h2-3,10,13,19H,4-9,11H2,1H3;1H. The molecule has 1 aromatic heterocycles. The summed E-state index contributed by atoms with van der Waals surface area (Å²) in [6.07, 6.45) is 1.51. The lowest BCUT2D eigenvalue weighted by atomic mass is 9.97. The number of aryl methyl sites for hydroxylation is 1. The van der Waals surface area contributed by atoms with Crippen molar-refractivity contribution >= 4 is 34.0 Å². The number of hydrogen-bond acceptors (Lipinski definition) is 5. The number of benzene rings is 1. The normalized spacial score (nSPS) is 18.7. The monoisotopic (exact) mass is 431 g/mol. The zero-order valence-electron chi connectivity index (χ0n) is 15.1. The molecule has 1 aromatic carbocycles. The molecule has 0 unspecified atom stereocenters. The van der Waals surface area contributed by atoms with Crippen LogP contribution in [0.2, 0.25) is 5.02 Å². The molecule has 148 valence electrons. The van der Waals surface area contributed by atoms with Crippen molar-refractivity contribution in [1.29, 1.82) is 0 Å². The third-order valence-corrected chi connectivity index (χ3v) is 7.51.